The summed E-state index contributed by atoms with van der Waals surface area (Å²) in [6.45, 7) is 2.13. The molecule has 7 nitrogen and oxygen atoms in total. The molecule has 4 rings (SSSR count). The first-order valence-corrected chi connectivity index (χ1v) is 9.91. The van der Waals surface area contributed by atoms with Crippen LogP contribution in [0.2, 0.25) is 0 Å². The molecule has 3 atom stereocenters. The summed E-state index contributed by atoms with van der Waals surface area (Å²) in [6.07, 6.45) is 3.70. The smallest absolute Gasteiger partial charge is 0.243 e. The van der Waals surface area contributed by atoms with Crippen molar-refractivity contribution in [2.75, 3.05) is 19.7 Å². The first-order chi connectivity index (χ1) is 12.0. The number of aryl methyl sites for hydroxylation is 1. The van der Waals surface area contributed by atoms with E-state index in [-0.39, 0.29) is 23.1 Å². The molecule has 0 bridgehead atoms. The number of rotatable bonds is 4. The van der Waals surface area contributed by atoms with Gasteiger partial charge in [-0.05, 0) is 12.0 Å². The van der Waals surface area contributed by atoms with Crippen molar-refractivity contribution in [1.29, 1.82) is 0 Å². The van der Waals surface area contributed by atoms with Gasteiger partial charge in [0.25, 0.3) is 0 Å². The van der Waals surface area contributed by atoms with Crippen molar-refractivity contribution in [3.05, 3.63) is 48.3 Å². The molecule has 8 heteroatoms. The molecular formula is C17H22N4O3S. The van der Waals surface area contributed by atoms with Gasteiger partial charge in [0.2, 0.25) is 10.0 Å². The van der Waals surface area contributed by atoms with Gasteiger partial charge in [0.1, 0.15) is 4.90 Å². The lowest BCUT2D eigenvalue weighted by molar-refractivity contribution is -0.0502. The summed E-state index contributed by atoms with van der Waals surface area (Å²) in [5.74, 6) is 0. The molecule has 0 saturated carbocycles. The first kappa shape index (κ1) is 16.7. The van der Waals surface area contributed by atoms with Crippen LogP contribution >= 0.6 is 0 Å². The highest BCUT2D eigenvalue weighted by Gasteiger charge is 2.39. The number of benzene rings is 1. The van der Waals surface area contributed by atoms with Gasteiger partial charge in [-0.15, -0.1) is 0 Å². The van der Waals surface area contributed by atoms with E-state index >= 15 is 0 Å². The van der Waals surface area contributed by atoms with Crippen LogP contribution in [0.15, 0.2) is 47.6 Å². The van der Waals surface area contributed by atoms with Gasteiger partial charge in [0.15, 0.2) is 0 Å². The van der Waals surface area contributed by atoms with Crippen LogP contribution in [0.25, 0.3) is 0 Å². The lowest BCUT2D eigenvalue weighted by Gasteiger charge is -2.35. The molecule has 0 aliphatic carbocycles. The zero-order valence-electron chi connectivity index (χ0n) is 14.1. The molecule has 2 saturated heterocycles. The topological polar surface area (TPSA) is 76.5 Å². The lowest BCUT2D eigenvalue weighted by Crippen LogP contribution is -2.43. The molecule has 1 N–H and O–H groups in total. The zero-order chi connectivity index (χ0) is 17.4. The largest absolute Gasteiger partial charge is 0.371 e. The van der Waals surface area contributed by atoms with E-state index < -0.39 is 10.0 Å². The Morgan fingerprint density at radius 2 is 2.04 bits per heavy atom. The van der Waals surface area contributed by atoms with Crippen molar-refractivity contribution < 1.29 is 13.2 Å². The predicted molar refractivity (Wildman–Crippen MR) is 92.4 cm³/mol. The van der Waals surface area contributed by atoms with Gasteiger partial charge < -0.3 is 4.74 Å². The maximum Gasteiger partial charge on any atom is 0.243 e. The zero-order valence-corrected chi connectivity index (χ0v) is 14.9. The molecule has 2 aliphatic rings. The normalized spacial score (nSPS) is 27.3. The minimum atomic E-state index is -3.53. The summed E-state index contributed by atoms with van der Waals surface area (Å²) in [4.78, 5) is 2.54. The van der Waals surface area contributed by atoms with E-state index in [0.29, 0.717) is 13.2 Å². The van der Waals surface area contributed by atoms with Crippen molar-refractivity contribution in [3.63, 3.8) is 0 Å². The third kappa shape index (κ3) is 3.48. The summed E-state index contributed by atoms with van der Waals surface area (Å²) >= 11 is 0. The van der Waals surface area contributed by atoms with E-state index in [9.17, 15) is 8.42 Å². The van der Waals surface area contributed by atoms with Crippen LogP contribution < -0.4 is 4.72 Å². The van der Waals surface area contributed by atoms with Crippen molar-refractivity contribution in [2.24, 2.45) is 7.05 Å². The Morgan fingerprint density at radius 1 is 1.24 bits per heavy atom. The van der Waals surface area contributed by atoms with Gasteiger partial charge in [0.05, 0.1) is 18.9 Å². The molecule has 0 radical (unpaired) electrons. The van der Waals surface area contributed by atoms with E-state index in [1.807, 2.05) is 18.2 Å². The fourth-order valence-corrected chi connectivity index (χ4v) is 4.88. The van der Waals surface area contributed by atoms with Crippen LogP contribution in [0.1, 0.15) is 18.1 Å². The molecule has 2 aromatic rings. The third-order valence-corrected chi connectivity index (χ3v) is 6.38. The predicted octanol–water partition coefficient (Wildman–Crippen LogP) is 0.913. The molecule has 1 aromatic heterocycles. The number of aromatic nitrogens is 2. The number of ether oxygens (including phenoxy) is 1. The molecule has 134 valence electrons. The first-order valence-electron chi connectivity index (χ1n) is 8.43. The molecule has 0 spiro atoms. The van der Waals surface area contributed by atoms with Crippen molar-refractivity contribution in [2.45, 2.75) is 29.5 Å². The van der Waals surface area contributed by atoms with Gasteiger partial charge in [0, 0.05) is 38.4 Å². The lowest BCUT2D eigenvalue weighted by atomic mass is 10.1. The van der Waals surface area contributed by atoms with Gasteiger partial charge in [-0.3, -0.25) is 9.58 Å². The average Bonchev–Trinajstić information content (AvgIpc) is 3.20. The number of morpholine rings is 1. The SMILES string of the molecule is Cn1cc(S(=O)(=O)N[C@@H]2C[C@H]3CO[C@@H](c4ccccc4)CN3C2)cn1. The Balaban J connectivity index is 1.41. The molecule has 3 heterocycles. The Hall–Kier alpha value is -1.74. The number of sulfonamides is 1. The van der Waals surface area contributed by atoms with E-state index in [0.717, 1.165) is 13.0 Å². The van der Waals surface area contributed by atoms with Crippen LogP contribution in [-0.2, 0) is 21.8 Å². The Kier molecular flexibility index (Phi) is 4.36. The average molecular weight is 362 g/mol. The van der Waals surface area contributed by atoms with Gasteiger partial charge >= 0.3 is 0 Å². The minimum Gasteiger partial charge on any atom is -0.371 e. The van der Waals surface area contributed by atoms with Gasteiger partial charge in [-0.1, -0.05) is 30.3 Å². The Morgan fingerprint density at radius 3 is 2.76 bits per heavy atom. The summed E-state index contributed by atoms with van der Waals surface area (Å²) < 4.78 is 35.3. The molecule has 0 unspecified atom stereocenters. The molecule has 2 aliphatic heterocycles. The van der Waals surface area contributed by atoms with Crippen LogP contribution in [-0.4, -0.2) is 54.9 Å². The summed E-state index contributed by atoms with van der Waals surface area (Å²) in [7, 11) is -1.83. The van der Waals surface area contributed by atoms with Crippen molar-refractivity contribution >= 4 is 10.0 Å². The second-order valence-corrected chi connectivity index (χ2v) is 8.46. The number of nitrogens with one attached hydrogen (secondary N) is 1. The second kappa shape index (κ2) is 6.53. The summed E-state index contributed by atoms with van der Waals surface area (Å²) in [5.41, 5.74) is 1.17. The summed E-state index contributed by atoms with van der Waals surface area (Å²) in [6, 6.07) is 10.3. The molecule has 0 amide bonds. The molecule has 2 fully saturated rings. The van der Waals surface area contributed by atoms with E-state index in [1.165, 1.54) is 22.6 Å². The summed E-state index contributed by atoms with van der Waals surface area (Å²) in [5, 5.41) is 3.94. The Labute approximate surface area is 147 Å². The van der Waals surface area contributed by atoms with Crippen LogP contribution in [0.5, 0.6) is 0 Å². The van der Waals surface area contributed by atoms with Crippen LogP contribution in [0.3, 0.4) is 0 Å². The van der Waals surface area contributed by atoms with E-state index in [2.05, 4.69) is 26.9 Å². The molecular weight excluding hydrogens is 340 g/mol. The highest BCUT2D eigenvalue weighted by molar-refractivity contribution is 7.89. The quantitative estimate of drug-likeness (QED) is 0.875. The fourth-order valence-electron chi connectivity index (χ4n) is 3.65. The number of hydrogen-bond donors (Lipinski definition) is 1. The maximum atomic E-state index is 12.5. The number of fused-ring (bicyclic) bond motifs is 1. The second-order valence-electron chi connectivity index (χ2n) is 6.74. The Bertz CT molecular complexity index is 837. The van der Waals surface area contributed by atoms with E-state index in [4.69, 9.17) is 4.74 Å². The third-order valence-electron chi connectivity index (χ3n) is 4.90. The standard InChI is InChI=1S/C17H22N4O3S/c1-20-10-16(8-18-20)25(22,23)19-14-7-15-12-24-17(11-21(15)9-14)13-5-3-2-4-6-13/h2-6,8,10,14-15,17,19H,7,9,11-12H2,1H3/t14-,15+,17-/m1/s1. The fraction of sp³-hybridized carbons (Fsp3) is 0.471. The van der Waals surface area contributed by atoms with Gasteiger partial charge in [-0.25, -0.2) is 13.1 Å². The molecule has 25 heavy (non-hydrogen) atoms. The van der Waals surface area contributed by atoms with Crippen LogP contribution in [0.4, 0.5) is 0 Å². The van der Waals surface area contributed by atoms with Crippen LogP contribution in [0, 0.1) is 0 Å². The maximum absolute atomic E-state index is 12.5. The highest BCUT2D eigenvalue weighted by Crippen LogP contribution is 2.30. The number of nitrogens with zero attached hydrogens (tertiary/aromatic N) is 3. The van der Waals surface area contributed by atoms with Crippen molar-refractivity contribution in [3.8, 4) is 0 Å². The van der Waals surface area contributed by atoms with Gasteiger partial charge in [-0.2, -0.15) is 5.10 Å². The minimum absolute atomic E-state index is 0.0473. The van der Waals surface area contributed by atoms with Crippen molar-refractivity contribution in [1.82, 2.24) is 19.4 Å². The number of hydrogen-bond acceptors (Lipinski definition) is 5. The molecule has 1 aromatic carbocycles. The highest BCUT2D eigenvalue weighted by atomic mass is 32.2. The van der Waals surface area contributed by atoms with E-state index in [1.54, 1.807) is 7.05 Å². The monoisotopic (exact) mass is 362 g/mol.